The number of benzene rings is 1. The zero-order valence-electron chi connectivity index (χ0n) is 12.1. The molecule has 112 valence electrons. The zero-order valence-corrected chi connectivity index (χ0v) is 12.9. The summed E-state index contributed by atoms with van der Waals surface area (Å²) in [5, 5.41) is 15.5. The van der Waals surface area contributed by atoms with Crippen LogP contribution < -0.4 is 0 Å². The summed E-state index contributed by atoms with van der Waals surface area (Å²) in [6, 6.07) is 15.6. The topological polar surface area (TPSA) is 69.4 Å². The lowest BCUT2D eigenvalue weighted by atomic mass is 10.2. The number of rotatable bonds is 4. The van der Waals surface area contributed by atoms with Gasteiger partial charge in [-0.2, -0.15) is 4.80 Å². The van der Waals surface area contributed by atoms with Crippen molar-refractivity contribution in [3.8, 4) is 22.1 Å². The molecule has 3 heterocycles. The number of tetrazole rings is 1. The van der Waals surface area contributed by atoms with Gasteiger partial charge in [-0.1, -0.05) is 36.4 Å². The highest BCUT2D eigenvalue weighted by molar-refractivity contribution is 7.13. The second kappa shape index (κ2) is 6.05. The molecule has 0 atom stereocenters. The van der Waals surface area contributed by atoms with E-state index in [1.165, 1.54) is 0 Å². The van der Waals surface area contributed by atoms with Crippen LogP contribution in [0.1, 0.15) is 5.69 Å². The molecule has 0 fully saturated rings. The van der Waals surface area contributed by atoms with Crippen LogP contribution in [0, 0.1) is 0 Å². The van der Waals surface area contributed by atoms with Gasteiger partial charge in [-0.3, -0.25) is 4.98 Å². The largest absolute Gasteiger partial charge is 0.254 e. The molecule has 0 N–H and O–H groups in total. The van der Waals surface area contributed by atoms with Crippen LogP contribution in [0.25, 0.3) is 22.1 Å². The lowest BCUT2D eigenvalue weighted by Crippen LogP contribution is -2.04. The second-order valence-corrected chi connectivity index (χ2v) is 5.73. The van der Waals surface area contributed by atoms with Crippen LogP contribution in [-0.4, -0.2) is 30.2 Å². The third kappa shape index (κ3) is 3.00. The normalized spacial score (nSPS) is 10.8. The molecule has 0 spiro atoms. The van der Waals surface area contributed by atoms with E-state index in [0.29, 0.717) is 12.4 Å². The van der Waals surface area contributed by atoms with Crippen LogP contribution in [0.15, 0.2) is 60.1 Å². The van der Waals surface area contributed by atoms with Gasteiger partial charge in [0.25, 0.3) is 0 Å². The molecule has 0 unspecified atom stereocenters. The smallest absolute Gasteiger partial charge is 0.204 e. The summed E-state index contributed by atoms with van der Waals surface area (Å²) in [6.07, 6.45) is 1.77. The Balaban J connectivity index is 1.53. The van der Waals surface area contributed by atoms with Crippen molar-refractivity contribution in [2.45, 2.75) is 6.54 Å². The Bertz CT molecular complexity index is 825. The minimum Gasteiger partial charge on any atom is -0.254 e. The Kier molecular flexibility index (Phi) is 3.61. The standard InChI is InChI=1S/C16H12N6S/c1-2-6-12(7-3-1)15-19-21-22(20-15)10-13-11-23-16(18-13)14-8-4-5-9-17-14/h1-9,11H,10H2. The molecule has 0 bridgehead atoms. The van der Waals surface area contributed by atoms with Gasteiger partial charge in [-0.25, -0.2) is 4.98 Å². The number of hydrogen-bond donors (Lipinski definition) is 0. The average Bonchev–Trinajstić information content (AvgIpc) is 3.27. The van der Waals surface area contributed by atoms with Gasteiger partial charge in [0, 0.05) is 17.1 Å². The zero-order chi connectivity index (χ0) is 15.5. The van der Waals surface area contributed by atoms with Crippen LogP contribution in [0.2, 0.25) is 0 Å². The molecule has 7 heteroatoms. The summed E-state index contributed by atoms with van der Waals surface area (Å²) in [7, 11) is 0. The summed E-state index contributed by atoms with van der Waals surface area (Å²) < 4.78 is 0. The van der Waals surface area contributed by atoms with Crippen molar-refractivity contribution in [2.24, 2.45) is 0 Å². The SMILES string of the molecule is c1ccc(-c2nnn(Cc3csc(-c4ccccn4)n3)n2)cc1. The quantitative estimate of drug-likeness (QED) is 0.578. The Labute approximate surface area is 136 Å². The van der Waals surface area contributed by atoms with Crippen molar-refractivity contribution in [1.29, 1.82) is 0 Å². The highest BCUT2D eigenvalue weighted by Crippen LogP contribution is 2.21. The average molecular weight is 320 g/mol. The first-order valence-electron chi connectivity index (χ1n) is 7.07. The maximum absolute atomic E-state index is 4.59. The van der Waals surface area contributed by atoms with Crippen LogP contribution in [0.4, 0.5) is 0 Å². The summed E-state index contributed by atoms with van der Waals surface area (Å²) in [5.41, 5.74) is 2.72. The molecular formula is C16H12N6S. The summed E-state index contributed by atoms with van der Waals surface area (Å²) in [6.45, 7) is 0.489. The number of thiazole rings is 1. The molecule has 6 nitrogen and oxygen atoms in total. The monoisotopic (exact) mass is 320 g/mol. The van der Waals surface area contributed by atoms with Crippen molar-refractivity contribution in [3.05, 3.63) is 65.8 Å². The molecule has 0 amide bonds. The predicted octanol–water partition coefficient (Wildman–Crippen LogP) is 2.91. The Morgan fingerprint density at radius 3 is 2.70 bits per heavy atom. The predicted molar refractivity (Wildman–Crippen MR) is 87.7 cm³/mol. The Morgan fingerprint density at radius 1 is 1.00 bits per heavy atom. The summed E-state index contributed by atoms with van der Waals surface area (Å²) >= 11 is 1.56. The van der Waals surface area contributed by atoms with Gasteiger partial charge in [-0.15, -0.1) is 21.5 Å². The van der Waals surface area contributed by atoms with Gasteiger partial charge in [0.15, 0.2) is 0 Å². The third-order valence-corrected chi connectivity index (χ3v) is 4.14. The van der Waals surface area contributed by atoms with E-state index in [-0.39, 0.29) is 0 Å². The first kappa shape index (κ1) is 13.7. The molecular weight excluding hydrogens is 308 g/mol. The van der Waals surface area contributed by atoms with Gasteiger partial charge >= 0.3 is 0 Å². The van der Waals surface area contributed by atoms with Crippen molar-refractivity contribution in [3.63, 3.8) is 0 Å². The van der Waals surface area contributed by atoms with Crippen molar-refractivity contribution < 1.29 is 0 Å². The fourth-order valence-electron chi connectivity index (χ4n) is 2.14. The molecule has 0 radical (unpaired) electrons. The van der Waals surface area contributed by atoms with Crippen LogP contribution >= 0.6 is 11.3 Å². The summed E-state index contributed by atoms with van der Waals surface area (Å²) in [4.78, 5) is 10.5. The molecule has 0 aliphatic carbocycles. The third-order valence-electron chi connectivity index (χ3n) is 3.22. The van der Waals surface area contributed by atoms with E-state index in [2.05, 4.69) is 25.4 Å². The molecule has 0 saturated heterocycles. The van der Waals surface area contributed by atoms with E-state index in [9.17, 15) is 0 Å². The first-order valence-corrected chi connectivity index (χ1v) is 7.95. The molecule has 3 aromatic heterocycles. The summed E-state index contributed by atoms with van der Waals surface area (Å²) in [5.74, 6) is 0.616. The van der Waals surface area contributed by atoms with E-state index in [1.54, 1.807) is 22.3 Å². The Morgan fingerprint density at radius 2 is 1.87 bits per heavy atom. The highest BCUT2D eigenvalue weighted by atomic mass is 32.1. The van der Waals surface area contributed by atoms with Crippen molar-refractivity contribution >= 4 is 11.3 Å². The van der Waals surface area contributed by atoms with E-state index in [0.717, 1.165) is 22.0 Å². The number of aromatic nitrogens is 6. The molecule has 4 rings (SSSR count). The van der Waals surface area contributed by atoms with E-state index in [1.807, 2.05) is 53.9 Å². The second-order valence-electron chi connectivity index (χ2n) is 4.87. The lowest BCUT2D eigenvalue weighted by molar-refractivity contribution is 0.566. The maximum Gasteiger partial charge on any atom is 0.204 e. The van der Waals surface area contributed by atoms with Gasteiger partial charge in [0.05, 0.1) is 11.4 Å². The van der Waals surface area contributed by atoms with Crippen molar-refractivity contribution in [2.75, 3.05) is 0 Å². The fraction of sp³-hybridized carbons (Fsp3) is 0.0625. The molecule has 0 aliphatic heterocycles. The van der Waals surface area contributed by atoms with Crippen LogP contribution in [0.5, 0.6) is 0 Å². The number of hydrogen-bond acceptors (Lipinski definition) is 6. The molecule has 0 aliphatic rings. The van der Waals surface area contributed by atoms with Gasteiger partial charge < -0.3 is 0 Å². The Hall–Kier alpha value is -2.93. The minimum absolute atomic E-state index is 0.489. The lowest BCUT2D eigenvalue weighted by Gasteiger charge is -1.95. The minimum atomic E-state index is 0.489. The maximum atomic E-state index is 4.59. The van der Waals surface area contributed by atoms with E-state index in [4.69, 9.17) is 0 Å². The first-order chi connectivity index (χ1) is 11.4. The molecule has 4 aromatic rings. The highest BCUT2D eigenvalue weighted by Gasteiger charge is 2.09. The van der Waals surface area contributed by atoms with Gasteiger partial charge in [0.1, 0.15) is 11.6 Å². The molecule has 0 saturated carbocycles. The molecule has 1 aromatic carbocycles. The van der Waals surface area contributed by atoms with E-state index >= 15 is 0 Å². The number of pyridine rings is 1. The van der Waals surface area contributed by atoms with Crippen LogP contribution in [0.3, 0.4) is 0 Å². The van der Waals surface area contributed by atoms with Gasteiger partial charge in [0.2, 0.25) is 5.82 Å². The van der Waals surface area contributed by atoms with Crippen molar-refractivity contribution in [1.82, 2.24) is 30.2 Å². The molecule has 23 heavy (non-hydrogen) atoms. The number of nitrogens with zero attached hydrogens (tertiary/aromatic N) is 6. The van der Waals surface area contributed by atoms with E-state index < -0.39 is 0 Å². The van der Waals surface area contributed by atoms with Gasteiger partial charge in [-0.05, 0) is 17.3 Å². The van der Waals surface area contributed by atoms with Crippen LogP contribution in [-0.2, 0) is 6.54 Å². The fourth-order valence-corrected chi connectivity index (χ4v) is 2.93.